The first kappa shape index (κ1) is 23.5. The highest BCUT2D eigenvalue weighted by Gasteiger charge is 2.21. The second-order valence-electron chi connectivity index (χ2n) is 7.85. The fourth-order valence-electron chi connectivity index (χ4n) is 3.45. The van der Waals surface area contributed by atoms with Crippen molar-refractivity contribution in [1.29, 1.82) is 0 Å². The standard InChI is InChI=1S/C26H25FN4O2S/c1-17-7-13-22(14-8-17)31-24(18(2)28-25(32)20-9-11-21(27)12-10-20)29-30-26(31)34-16-19-5-4-6-23(15-19)33-3/h4-15,18H,16H2,1-3H3,(H,28,32). The van der Waals surface area contributed by atoms with Crippen LogP contribution >= 0.6 is 11.8 Å². The van der Waals surface area contributed by atoms with Crippen LogP contribution in [0.2, 0.25) is 0 Å². The van der Waals surface area contributed by atoms with Crippen LogP contribution in [0.5, 0.6) is 5.75 Å². The topological polar surface area (TPSA) is 69.0 Å². The van der Waals surface area contributed by atoms with Gasteiger partial charge in [-0.05, 0) is 67.9 Å². The number of rotatable bonds is 8. The zero-order valence-electron chi connectivity index (χ0n) is 19.2. The molecule has 0 fully saturated rings. The summed E-state index contributed by atoms with van der Waals surface area (Å²) in [5.74, 6) is 1.39. The van der Waals surface area contributed by atoms with E-state index in [9.17, 15) is 9.18 Å². The van der Waals surface area contributed by atoms with Gasteiger partial charge >= 0.3 is 0 Å². The van der Waals surface area contributed by atoms with E-state index in [1.807, 2.05) is 66.9 Å². The number of nitrogens with zero attached hydrogens (tertiary/aromatic N) is 3. The van der Waals surface area contributed by atoms with E-state index in [1.54, 1.807) is 18.9 Å². The summed E-state index contributed by atoms with van der Waals surface area (Å²) in [7, 11) is 1.65. The van der Waals surface area contributed by atoms with Gasteiger partial charge in [-0.15, -0.1) is 10.2 Å². The highest BCUT2D eigenvalue weighted by Crippen LogP contribution is 2.28. The Morgan fingerprint density at radius 1 is 1.09 bits per heavy atom. The lowest BCUT2D eigenvalue weighted by Crippen LogP contribution is -2.28. The summed E-state index contributed by atoms with van der Waals surface area (Å²) in [5.41, 5.74) is 3.52. The number of carbonyl (C=O) groups excluding carboxylic acids is 1. The van der Waals surface area contributed by atoms with Crippen molar-refractivity contribution in [1.82, 2.24) is 20.1 Å². The maximum absolute atomic E-state index is 13.2. The molecule has 4 aromatic rings. The van der Waals surface area contributed by atoms with Gasteiger partial charge in [-0.25, -0.2) is 4.39 Å². The largest absolute Gasteiger partial charge is 0.497 e. The van der Waals surface area contributed by atoms with E-state index in [0.29, 0.717) is 22.3 Å². The predicted molar refractivity (Wildman–Crippen MR) is 131 cm³/mol. The Labute approximate surface area is 202 Å². The molecule has 1 atom stereocenters. The third kappa shape index (κ3) is 5.46. The lowest BCUT2D eigenvalue weighted by molar-refractivity contribution is 0.0938. The molecule has 1 heterocycles. The van der Waals surface area contributed by atoms with Crippen molar-refractivity contribution in [2.45, 2.75) is 30.8 Å². The van der Waals surface area contributed by atoms with Gasteiger partial charge in [0.25, 0.3) is 5.91 Å². The molecule has 1 unspecified atom stereocenters. The van der Waals surface area contributed by atoms with Crippen LogP contribution in [0.3, 0.4) is 0 Å². The first-order valence-corrected chi connectivity index (χ1v) is 11.8. The molecule has 0 saturated carbocycles. The summed E-state index contributed by atoms with van der Waals surface area (Å²) in [6, 6.07) is 21.0. The number of thioether (sulfide) groups is 1. The van der Waals surface area contributed by atoms with Gasteiger partial charge in [-0.3, -0.25) is 9.36 Å². The number of hydrogen-bond acceptors (Lipinski definition) is 5. The average Bonchev–Trinajstić information content (AvgIpc) is 3.28. The maximum Gasteiger partial charge on any atom is 0.251 e. The summed E-state index contributed by atoms with van der Waals surface area (Å²) >= 11 is 1.55. The van der Waals surface area contributed by atoms with Gasteiger partial charge in [0.15, 0.2) is 11.0 Å². The average molecular weight is 477 g/mol. The van der Waals surface area contributed by atoms with Gasteiger partial charge in [0, 0.05) is 17.0 Å². The quantitative estimate of drug-likeness (QED) is 0.340. The SMILES string of the molecule is COc1cccc(CSc2nnc(C(C)NC(=O)c3ccc(F)cc3)n2-c2ccc(C)cc2)c1. The molecule has 0 spiro atoms. The fourth-order valence-corrected chi connectivity index (χ4v) is 4.35. The number of amides is 1. The summed E-state index contributed by atoms with van der Waals surface area (Å²) in [6.45, 7) is 3.88. The van der Waals surface area contributed by atoms with Crippen LogP contribution in [-0.4, -0.2) is 27.8 Å². The van der Waals surface area contributed by atoms with Crippen LogP contribution in [0.15, 0.2) is 78.0 Å². The minimum atomic E-state index is -0.433. The zero-order valence-corrected chi connectivity index (χ0v) is 20.0. The van der Waals surface area contributed by atoms with Crippen molar-refractivity contribution in [3.63, 3.8) is 0 Å². The molecule has 0 radical (unpaired) electrons. The normalized spacial score (nSPS) is 11.8. The number of nitrogens with one attached hydrogen (secondary N) is 1. The van der Waals surface area contributed by atoms with Gasteiger partial charge in [0.1, 0.15) is 11.6 Å². The van der Waals surface area contributed by atoms with Crippen LogP contribution in [-0.2, 0) is 5.75 Å². The highest BCUT2D eigenvalue weighted by atomic mass is 32.2. The van der Waals surface area contributed by atoms with Crippen LogP contribution < -0.4 is 10.1 Å². The van der Waals surface area contributed by atoms with Crippen molar-refractivity contribution in [2.75, 3.05) is 7.11 Å². The van der Waals surface area contributed by atoms with E-state index < -0.39 is 6.04 Å². The molecule has 0 bridgehead atoms. The molecule has 0 aliphatic heterocycles. The van der Waals surface area contributed by atoms with E-state index in [1.165, 1.54) is 24.3 Å². The molecule has 6 nitrogen and oxygen atoms in total. The lowest BCUT2D eigenvalue weighted by atomic mass is 10.2. The van der Waals surface area contributed by atoms with Crippen molar-refractivity contribution < 1.29 is 13.9 Å². The van der Waals surface area contributed by atoms with Crippen molar-refractivity contribution in [3.8, 4) is 11.4 Å². The van der Waals surface area contributed by atoms with Gasteiger partial charge in [0.05, 0.1) is 13.2 Å². The van der Waals surface area contributed by atoms with Crippen LogP contribution in [0, 0.1) is 12.7 Å². The Kier molecular flexibility index (Phi) is 7.27. The zero-order chi connectivity index (χ0) is 24.1. The molecule has 8 heteroatoms. The van der Waals surface area contributed by atoms with Crippen molar-refractivity contribution in [2.24, 2.45) is 0 Å². The summed E-state index contributed by atoms with van der Waals surface area (Å²) in [5, 5.41) is 12.5. The smallest absolute Gasteiger partial charge is 0.251 e. The number of aromatic nitrogens is 3. The van der Waals surface area contributed by atoms with Gasteiger partial charge in [-0.2, -0.15) is 0 Å². The van der Waals surface area contributed by atoms with E-state index in [0.717, 1.165) is 22.6 Å². The number of carbonyl (C=O) groups is 1. The Morgan fingerprint density at radius 2 is 1.82 bits per heavy atom. The second-order valence-corrected chi connectivity index (χ2v) is 8.80. The fraction of sp³-hybridized carbons (Fsp3) is 0.192. The third-order valence-corrected chi connectivity index (χ3v) is 6.29. The molecule has 3 aromatic carbocycles. The molecule has 0 saturated heterocycles. The predicted octanol–water partition coefficient (Wildman–Crippen LogP) is 5.51. The summed E-state index contributed by atoms with van der Waals surface area (Å²) in [4.78, 5) is 12.7. The minimum Gasteiger partial charge on any atom is -0.497 e. The molecule has 34 heavy (non-hydrogen) atoms. The van der Waals surface area contributed by atoms with Crippen molar-refractivity contribution >= 4 is 17.7 Å². The highest BCUT2D eigenvalue weighted by molar-refractivity contribution is 7.98. The molecule has 4 rings (SSSR count). The number of methoxy groups -OCH3 is 1. The monoisotopic (exact) mass is 476 g/mol. The van der Waals surface area contributed by atoms with E-state index in [2.05, 4.69) is 15.5 Å². The Balaban J connectivity index is 1.61. The van der Waals surface area contributed by atoms with E-state index >= 15 is 0 Å². The van der Waals surface area contributed by atoms with E-state index in [4.69, 9.17) is 4.74 Å². The molecular weight excluding hydrogens is 451 g/mol. The molecule has 1 aromatic heterocycles. The Bertz CT molecular complexity index is 1270. The molecular formula is C26H25FN4O2S. The number of ether oxygens (including phenoxy) is 1. The van der Waals surface area contributed by atoms with Gasteiger partial charge < -0.3 is 10.1 Å². The van der Waals surface area contributed by atoms with E-state index in [-0.39, 0.29) is 11.7 Å². The number of aryl methyl sites for hydroxylation is 1. The van der Waals surface area contributed by atoms with Crippen LogP contribution in [0.1, 0.15) is 40.3 Å². The van der Waals surface area contributed by atoms with Crippen LogP contribution in [0.25, 0.3) is 5.69 Å². The summed E-state index contributed by atoms with van der Waals surface area (Å²) in [6.07, 6.45) is 0. The summed E-state index contributed by atoms with van der Waals surface area (Å²) < 4.78 is 20.5. The number of halogens is 1. The second kappa shape index (κ2) is 10.5. The first-order chi connectivity index (χ1) is 16.4. The molecule has 1 amide bonds. The van der Waals surface area contributed by atoms with Crippen molar-refractivity contribution in [3.05, 3.63) is 101 Å². The number of hydrogen-bond donors (Lipinski definition) is 1. The molecule has 1 N–H and O–H groups in total. The van der Waals surface area contributed by atoms with Gasteiger partial charge in [0.2, 0.25) is 0 Å². The molecule has 0 aliphatic carbocycles. The van der Waals surface area contributed by atoms with Crippen LogP contribution in [0.4, 0.5) is 4.39 Å². The minimum absolute atomic E-state index is 0.309. The lowest BCUT2D eigenvalue weighted by Gasteiger charge is -2.16. The molecule has 0 aliphatic rings. The van der Waals surface area contributed by atoms with Gasteiger partial charge in [-0.1, -0.05) is 41.6 Å². The molecule has 174 valence electrons. The third-order valence-electron chi connectivity index (χ3n) is 5.29. The Hall–Kier alpha value is -3.65. The maximum atomic E-state index is 13.2. The Morgan fingerprint density at radius 3 is 2.53 bits per heavy atom. The number of benzene rings is 3. The first-order valence-electron chi connectivity index (χ1n) is 10.8.